The van der Waals surface area contributed by atoms with Gasteiger partial charge in [-0.05, 0) is 100 Å². The van der Waals surface area contributed by atoms with Crippen molar-refractivity contribution in [3.63, 3.8) is 0 Å². The number of rotatable bonds is 18. The summed E-state index contributed by atoms with van der Waals surface area (Å²) < 4.78 is 0. The number of nitrogens with one attached hydrogen (secondary N) is 6. The number of amides is 6. The van der Waals surface area contributed by atoms with Crippen molar-refractivity contribution in [2.75, 3.05) is 19.6 Å². The van der Waals surface area contributed by atoms with Crippen LogP contribution in [0.1, 0.15) is 107 Å². The van der Waals surface area contributed by atoms with E-state index in [0.29, 0.717) is 16.7 Å². The van der Waals surface area contributed by atoms with Crippen LogP contribution in [0.2, 0.25) is 0 Å². The molecule has 18 N–H and O–H groups in total. The standard InChI is InChI=1S/C52H73N15O9/c1-30(68)63-40(13-7-23-61-52(58)59)48(74)65-41-19-18-36(69)9-2-4-12-39(46(55)72)64-47(73)34(25-35-29-62-38-11-5-3-10-37(35)38)27-44(70)33(8-6-22-60-51(56)57)26-45(71)43(24-31-14-16-32(28-54)17-15-31)67-50(76)42(20-21-53)66-49(41)75/h3,5,10-11,14-17,29,33-34,39-43,62H,2,4,6-9,12-13,18-27,53H2,1H3,(H2,55,72)(H,63,68)(H,64,73)(H,65,74)(H,66,75)(H,67,76)(H4,56,57,60)(H4,58,59,61)/t33-,34-,39+,40+,41+,42+,43-/m1/s1. The fourth-order valence-corrected chi connectivity index (χ4v) is 8.95. The van der Waals surface area contributed by atoms with E-state index >= 15 is 0 Å². The fourth-order valence-electron chi connectivity index (χ4n) is 8.95. The Bertz CT molecular complexity index is 2620. The largest absolute Gasteiger partial charge is 0.370 e. The molecule has 2 heterocycles. The third-order valence-electron chi connectivity index (χ3n) is 13.0. The zero-order chi connectivity index (χ0) is 55.7. The number of ketones is 3. The van der Waals surface area contributed by atoms with E-state index in [1.165, 1.54) is 19.1 Å². The summed E-state index contributed by atoms with van der Waals surface area (Å²) in [4.78, 5) is 136. The predicted molar refractivity (Wildman–Crippen MR) is 284 cm³/mol. The van der Waals surface area contributed by atoms with Gasteiger partial charge in [-0.25, -0.2) is 0 Å². The van der Waals surface area contributed by atoms with Gasteiger partial charge in [-0.2, -0.15) is 5.26 Å². The number of benzene rings is 2. The summed E-state index contributed by atoms with van der Waals surface area (Å²) in [5, 5.41) is 23.6. The Balaban J connectivity index is 1.78. The van der Waals surface area contributed by atoms with Gasteiger partial charge in [-0.1, -0.05) is 36.8 Å². The molecule has 3 aromatic rings. The van der Waals surface area contributed by atoms with Crippen molar-refractivity contribution in [2.45, 2.75) is 133 Å². The van der Waals surface area contributed by atoms with Gasteiger partial charge in [0.05, 0.1) is 17.7 Å². The number of aromatic amines is 1. The molecular formula is C52H73N15O9. The molecule has 410 valence electrons. The molecule has 0 radical (unpaired) electrons. The van der Waals surface area contributed by atoms with Crippen molar-refractivity contribution in [3.8, 4) is 6.07 Å². The molecule has 1 fully saturated rings. The second-order valence-electron chi connectivity index (χ2n) is 19.0. The highest BCUT2D eigenvalue weighted by Gasteiger charge is 2.35. The van der Waals surface area contributed by atoms with Crippen LogP contribution in [0.5, 0.6) is 0 Å². The van der Waals surface area contributed by atoms with Crippen LogP contribution < -0.4 is 61.0 Å². The summed E-state index contributed by atoms with van der Waals surface area (Å²) in [7, 11) is 0. The number of H-pyrrole nitrogens is 1. The van der Waals surface area contributed by atoms with Crippen LogP contribution in [0, 0.1) is 23.2 Å². The summed E-state index contributed by atoms with van der Waals surface area (Å²) in [6, 6.07) is 9.21. The van der Waals surface area contributed by atoms with E-state index in [4.69, 9.17) is 34.4 Å². The minimum Gasteiger partial charge on any atom is -0.370 e. The number of primary amides is 1. The molecule has 4 rings (SSSR count). The first kappa shape index (κ1) is 60.4. The third-order valence-corrected chi connectivity index (χ3v) is 13.0. The van der Waals surface area contributed by atoms with Crippen molar-refractivity contribution >= 4 is 75.6 Å². The summed E-state index contributed by atoms with van der Waals surface area (Å²) in [6.07, 6.45) is 1.42. The van der Waals surface area contributed by atoms with Crippen LogP contribution >= 0.6 is 0 Å². The molecule has 0 unspecified atom stereocenters. The lowest BCUT2D eigenvalue weighted by molar-refractivity contribution is -0.135. The van der Waals surface area contributed by atoms with Gasteiger partial charge in [0.25, 0.3) is 0 Å². The van der Waals surface area contributed by atoms with E-state index in [9.17, 15) is 48.4 Å². The van der Waals surface area contributed by atoms with Crippen LogP contribution in [-0.4, -0.2) is 120 Å². The first-order chi connectivity index (χ1) is 36.3. The first-order valence-electron chi connectivity index (χ1n) is 25.5. The Hall–Kier alpha value is -8.20. The van der Waals surface area contributed by atoms with Crippen LogP contribution in [0.4, 0.5) is 0 Å². The Morgan fingerprint density at radius 1 is 0.750 bits per heavy atom. The topological polar surface area (TPSA) is 434 Å². The van der Waals surface area contributed by atoms with Crippen LogP contribution in [0.25, 0.3) is 10.9 Å². The van der Waals surface area contributed by atoms with Crippen molar-refractivity contribution < 1.29 is 43.2 Å². The van der Waals surface area contributed by atoms with Crippen molar-refractivity contribution in [1.29, 1.82) is 5.26 Å². The van der Waals surface area contributed by atoms with Crippen LogP contribution in [-0.2, 0) is 56.0 Å². The number of para-hydroxylation sites is 1. The summed E-state index contributed by atoms with van der Waals surface area (Å²) in [5.74, 6) is -8.34. The maximum absolute atomic E-state index is 14.8. The molecule has 1 aliphatic rings. The molecule has 1 aromatic heterocycles. The Morgan fingerprint density at radius 3 is 2.08 bits per heavy atom. The molecule has 6 amide bonds. The fraction of sp³-hybridized carbons (Fsp3) is 0.500. The Morgan fingerprint density at radius 2 is 1.42 bits per heavy atom. The number of hydrogen-bond acceptors (Lipinski definition) is 13. The molecule has 0 saturated carbocycles. The number of carbonyl (C=O) groups is 9. The highest BCUT2D eigenvalue weighted by Crippen LogP contribution is 2.26. The predicted octanol–water partition coefficient (Wildman–Crippen LogP) is -0.716. The highest BCUT2D eigenvalue weighted by molar-refractivity contribution is 5.98. The average molecular weight is 1050 g/mol. The SMILES string of the molecule is CC(=O)N[C@@H](CCCN=C(N)N)C(=O)N[C@H]1CCC(=O)CCCC[C@@H](C(N)=O)NC(=O)[C@H](Cc2c[nH]c3ccccc23)CC(=O)[C@H](CCCN=C(N)N)CC(=O)[C@@H](Cc2ccc(C#N)cc2)NC(=O)[C@H](CCN)NC1=O. The number of aromatic nitrogens is 1. The van der Waals surface area contributed by atoms with Gasteiger partial charge < -0.3 is 66.0 Å². The van der Waals surface area contributed by atoms with Gasteiger partial charge in [0.1, 0.15) is 35.7 Å². The second-order valence-corrected chi connectivity index (χ2v) is 19.0. The molecule has 0 bridgehead atoms. The number of aliphatic imine (C=N–C) groups is 2. The van der Waals surface area contributed by atoms with Crippen LogP contribution in [0.3, 0.4) is 0 Å². The number of nitrogens with two attached hydrogens (primary N) is 6. The van der Waals surface area contributed by atoms with E-state index < -0.39 is 95.5 Å². The monoisotopic (exact) mass is 1050 g/mol. The number of hydrogen-bond donors (Lipinski definition) is 12. The lowest BCUT2D eigenvalue weighted by atomic mass is 9.83. The van der Waals surface area contributed by atoms with E-state index in [0.717, 1.165) is 10.9 Å². The molecule has 24 heteroatoms. The lowest BCUT2D eigenvalue weighted by Crippen LogP contribution is -2.58. The van der Waals surface area contributed by atoms with E-state index in [-0.39, 0.29) is 127 Å². The summed E-state index contributed by atoms with van der Waals surface area (Å²) in [5.41, 5.74) is 36.2. The van der Waals surface area contributed by atoms with Crippen molar-refractivity contribution in [3.05, 3.63) is 71.4 Å². The van der Waals surface area contributed by atoms with Gasteiger partial charge in [0.15, 0.2) is 17.7 Å². The zero-order valence-corrected chi connectivity index (χ0v) is 42.9. The number of Topliss-reactive ketones (excluding diaryl/α,β-unsaturated/α-hetero) is 3. The van der Waals surface area contributed by atoms with Gasteiger partial charge in [0.2, 0.25) is 35.4 Å². The smallest absolute Gasteiger partial charge is 0.243 e. The molecule has 1 saturated heterocycles. The zero-order valence-electron chi connectivity index (χ0n) is 42.9. The van der Waals surface area contributed by atoms with Gasteiger partial charge in [-0.3, -0.25) is 53.1 Å². The minimum absolute atomic E-state index is 0.0177. The summed E-state index contributed by atoms with van der Waals surface area (Å²) >= 11 is 0. The molecule has 0 aliphatic carbocycles. The molecule has 7 atom stereocenters. The molecule has 1 aliphatic heterocycles. The summed E-state index contributed by atoms with van der Waals surface area (Å²) in [6.45, 7) is 1.31. The van der Waals surface area contributed by atoms with E-state index in [2.05, 4.69) is 41.6 Å². The molecule has 24 nitrogen and oxygen atoms in total. The molecule has 0 spiro atoms. The minimum atomic E-state index is -1.44. The molecule has 76 heavy (non-hydrogen) atoms. The number of nitrogens with zero attached hydrogens (tertiary/aromatic N) is 3. The molecular weight excluding hydrogens is 979 g/mol. The normalized spacial score (nSPS) is 21.2. The number of nitriles is 1. The first-order valence-corrected chi connectivity index (χ1v) is 25.5. The van der Waals surface area contributed by atoms with Crippen molar-refractivity contribution in [2.24, 2.45) is 56.2 Å². The lowest BCUT2D eigenvalue weighted by Gasteiger charge is -2.27. The average Bonchev–Trinajstić information content (AvgIpc) is 3.78. The number of guanidine groups is 2. The quantitative estimate of drug-likeness (QED) is 0.0425. The Labute approximate surface area is 441 Å². The maximum Gasteiger partial charge on any atom is 0.243 e. The Kier molecular flexibility index (Phi) is 24.5. The van der Waals surface area contributed by atoms with Crippen molar-refractivity contribution in [1.82, 2.24) is 31.6 Å². The van der Waals surface area contributed by atoms with Gasteiger partial charge in [0, 0.05) is 74.6 Å². The number of carbonyl (C=O) groups excluding carboxylic acids is 9. The van der Waals surface area contributed by atoms with Gasteiger partial charge in [-0.15, -0.1) is 0 Å². The second kappa shape index (κ2) is 30.9. The number of fused-ring (bicyclic) bond motifs is 1. The van der Waals surface area contributed by atoms with Gasteiger partial charge >= 0.3 is 0 Å². The van der Waals surface area contributed by atoms with E-state index in [1.54, 1.807) is 18.3 Å². The van der Waals surface area contributed by atoms with Crippen LogP contribution in [0.15, 0.2) is 64.7 Å². The molecule has 2 aromatic carbocycles. The van der Waals surface area contributed by atoms with E-state index in [1.807, 2.05) is 30.3 Å². The maximum atomic E-state index is 14.8. The third kappa shape index (κ3) is 20.3. The highest BCUT2D eigenvalue weighted by atomic mass is 16.2.